The number of amides is 1. The predicted octanol–water partition coefficient (Wildman–Crippen LogP) is 5.37. The Hall–Kier alpha value is -4.25. The molecule has 0 spiro atoms. The van der Waals surface area contributed by atoms with Crippen molar-refractivity contribution in [1.82, 2.24) is 24.9 Å². The molecule has 4 aromatic rings. The zero-order valence-electron chi connectivity index (χ0n) is 21.4. The molecule has 0 saturated carbocycles. The number of nitrogens with zero attached hydrogens (tertiary/aromatic N) is 5. The number of anilines is 1. The SMILES string of the molecule is CCN(C)Cc1cc(NC(=O)c2ccc(C)c(-n3cc(-c4cncc(OC)c4)nn3)c2)cc(C(F)(F)F)c1. The number of benzene rings is 2. The van der Waals surface area contributed by atoms with Gasteiger partial charge in [-0.2, -0.15) is 13.2 Å². The van der Waals surface area contributed by atoms with Gasteiger partial charge in [0.15, 0.2) is 0 Å². The van der Waals surface area contributed by atoms with E-state index in [9.17, 15) is 18.0 Å². The third-order valence-electron chi connectivity index (χ3n) is 6.03. The normalized spacial score (nSPS) is 11.6. The fraction of sp³-hybridized carbons (Fsp3) is 0.259. The lowest BCUT2D eigenvalue weighted by atomic mass is 10.1. The molecule has 1 N–H and O–H groups in total. The molecule has 0 unspecified atom stereocenters. The van der Waals surface area contributed by atoms with Crippen molar-refractivity contribution < 1.29 is 22.7 Å². The second kappa shape index (κ2) is 11.0. The van der Waals surface area contributed by atoms with Crippen LogP contribution in [0.2, 0.25) is 0 Å². The Bertz CT molecular complexity index is 1450. The second-order valence-electron chi connectivity index (χ2n) is 8.86. The fourth-order valence-corrected chi connectivity index (χ4v) is 3.83. The van der Waals surface area contributed by atoms with Crippen LogP contribution in [0.1, 0.15) is 34.0 Å². The highest BCUT2D eigenvalue weighted by Crippen LogP contribution is 2.32. The molecule has 4 rings (SSSR count). The van der Waals surface area contributed by atoms with Crippen molar-refractivity contribution in [3.05, 3.63) is 83.3 Å². The first-order valence-corrected chi connectivity index (χ1v) is 11.8. The smallest absolute Gasteiger partial charge is 0.416 e. The van der Waals surface area contributed by atoms with Gasteiger partial charge in [0.2, 0.25) is 0 Å². The summed E-state index contributed by atoms with van der Waals surface area (Å²) in [5, 5.41) is 11.0. The number of methoxy groups -OCH3 is 1. The second-order valence-corrected chi connectivity index (χ2v) is 8.86. The number of carbonyl (C=O) groups excluding carboxylic acids is 1. The van der Waals surface area contributed by atoms with Crippen molar-refractivity contribution in [3.8, 4) is 22.7 Å². The molecule has 2 aromatic heterocycles. The highest BCUT2D eigenvalue weighted by molar-refractivity contribution is 6.04. The lowest BCUT2D eigenvalue weighted by Gasteiger charge is -2.17. The van der Waals surface area contributed by atoms with Gasteiger partial charge in [0.1, 0.15) is 11.4 Å². The van der Waals surface area contributed by atoms with Crippen LogP contribution in [0.3, 0.4) is 0 Å². The monoisotopic (exact) mass is 524 g/mol. The van der Waals surface area contributed by atoms with Crippen molar-refractivity contribution in [2.75, 3.05) is 26.0 Å². The topological polar surface area (TPSA) is 85.2 Å². The molecule has 8 nitrogen and oxygen atoms in total. The van der Waals surface area contributed by atoms with E-state index >= 15 is 0 Å². The van der Waals surface area contributed by atoms with Crippen LogP contribution in [0, 0.1) is 6.92 Å². The van der Waals surface area contributed by atoms with Crippen LogP contribution < -0.4 is 10.1 Å². The summed E-state index contributed by atoms with van der Waals surface area (Å²) in [5.41, 5.74) is 2.64. The predicted molar refractivity (Wildman–Crippen MR) is 137 cm³/mol. The van der Waals surface area contributed by atoms with Crippen LogP contribution >= 0.6 is 0 Å². The maximum atomic E-state index is 13.5. The van der Waals surface area contributed by atoms with Gasteiger partial charge in [-0.1, -0.05) is 18.2 Å². The number of aromatic nitrogens is 4. The van der Waals surface area contributed by atoms with Crippen molar-refractivity contribution in [3.63, 3.8) is 0 Å². The number of nitrogens with one attached hydrogen (secondary N) is 1. The van der Waals surface area contributed by atoms with E-state index in [2.05, 4.69) is 20.6 Å². The van der Waals surface area contributed by atoms with E-state index in [0.29, 0.717) is 41.3 Å². The molecule has 0 fully saturated rings. The van der Waals surface area contributed by atoms with E-state index < -0.39 is 17.6 Å². The Labute approximate surface area is 218 Å². The average Bonchev–Trinajstić information content (AvgIpc) is 3.38. The molecule has 0 bridgehead atoms. The maximum absolute atomic E-state index is 13.5. The molecule has 0 aliphatic rings. The van der Waals surface area contributed by atoms with Gasteiger partial charge in [0, 0.05) is 29.6 Å². The van der Waals surface area contributed by atoms with E-state index in [1.54, 1.807) is 56.0 Å². The number of pyridine rings is 1. The molecule has 0 radical (unpaired) electrons. The summed E-state index contributed by atoms with van der Waals surface area (Å²) in [5.74, 6) is 0.0312. The average molecular weight is 525 g/mol. The summed E-state index contributed by atoms with van der Waals surface area (Å²) in [4.78, 5) is 19.1. The summed E-state index contributed by atoms with van der Waals surface area (Å²) in [6.07, 6.45) is 0.370. The number of ether oxygens (including phenoxy) is 1. The Morgan fingerprint density at radius 1 is 1.13 bits per heavy atom. The Morgan fingerprint density at radius 2 is 1.92 bits per heavy atom. The molecule has 1 amide bonds. The molecule has 2 aromatic carbocycles. The summed E-state index contributed by atoms with van der Waals surface area (Å²) in [6.45, 7) is 4.75. The lowest BCUT2D eigenvalue weighted by Crippen LogP contribution is -2.18. The minimum atomic E-state index is -4.54. The Kier molecular flexibility index (Phi) is 7.77. The zero-order chi connectivity index (χ0) is 27.4. The third-order valence-corrected chi connectivity index (χ3v) is 6.03. The Morgan fingerprint density at radius 3 is 2.63 bits per heavy atom. The van der Waals surface area contributed by atoms with E-state index in [0.717, 1.165) is 17.7 Å². The quantitative estimate of drug-likeness (QED) is 0.334. The van der Waals surface area contributed by atoms with Crippen LogP contribution in [0.4, 0.5) is 18.9 Å². The third kappa shape index (κ3) is 6.17. The highest BCUT2D eigenvalue weighted by atomic mass is 19.4. The van der Waals surface area contributed by atoms with Gasteiger partial charge in [-0.25, -0.2) is 4.68 Å². The van der Waals surface area contributed by atoms with E-state index in [-0.39, 0.29) is 11.3 Å². The summed E-state index contributed by atoms with van der Waals surface area (Å²) in [6, 6.07) is 10.3. The van der Waals surface area contributed by atoms with Gasteiger partial charge in [0.05, 0.1) is 30.8 Å². The zero-order valence-corrected chi connectivity index (χ0v) is 21.4. The molecular formula is C27H27F3N6O2. The van der Waals surface area contributed by atoms with Gasteiger partial charge < -0.3 is 15.0 Å². The van der Waals surface area contributed by atoms with Crippen LogP contribution in [-0.2, 0) is 12.7 Å². The first-order valence-electron chi connectivity index (χ1n) is 11.8. The number of hydrogen-bond acceptors (Lipinski definition) is 6. The van der Waals surface area contributed by atoms with E-state index in [4.69, 9.17) is 4.74 Å². The van der Waals surface area contributed by atoms with Crippen LogP contribution in [0.25, 0.3) is 16.9 Å². The van der Waals surface area contributed by atoms with Gasteiger partial charge in [-0.15, -0.1) is 5.10 Å². The highest BCUT2D eigenvalue weighted by Gasteiger charge is 2.31. The summed E-state index contributed by atoms with van der Waals surface area (Å²) < 4.78 is 47.3. The minimum Gasteiger partial charge on any atom is -0.495 e. The molecule has 2 heterocycles. The molecule has 0 aliphatic carbocycles. The molecule has 38 heavy (non-hydrogen) atoms. The van der Waals surface area contributed by atoms with Crippen molar-refractivity contribution in [1.29, 1.82) is 0 Å². The van der Waals surface area contributed by atoms with Crippen molar-refractivity contribution >= 4 is 11.6 Å². The molecular weight excluding hydrogens is 497 g/mol. The molecule has 11 heteroatoms. The van der Waals surface area contributed by atoms with Gasteiger partial charge in [0.25, 0.3) is 5.91 Å². The van der Waals surface area contributed by atoms with E-state index in [1.807, 2.05) is 25.8 Å². The number of rotatable bonds is 8. The molecule has 0 aliphatic heterocycles. The summed E-state index contributed by atoms with van der Waals surface area (Å²) >= 11 is 0. The number of hydrogen-bond donors (Lipinski definition) is 1. The first kappa shape index (κ1) is 26.8. The minimum absolute atomic E-state index is 0.0695. The number of aryl methyl sites for hydroxylation is 1. The molecule has 0 atom stereocenters. The maximum Gasteiger partial charge on any atom is 0.416 e. The lowest BCUT2D eigenvalue weighted by molar-refractivity contribution is -0.137. The van der Waals surface area contributed by atoms with Gasteiger partial charge in [-0.3, -0.25) is 9.78 Å². The number of carbonyl (C=O) groups is 1. The fourth-order valence-electron chi connectivity index (χ4n) is 3.83. The van der Waals surface area contributed by atoms with Crippen LogP contribution in [-0.4, -0.2) is 51.5 Å². The standard InChI is InChI=1S/C27H27F3N6O2/c1-5-35(3)15-18-8-21(27(28,29)30)12-22(9-18)32-26(37)19-7-6-17(2)25(11-19)36-16-24(33-34-36)20-10-23(38-4)14-31-13-20/h6-14,16H,5,15H2,1-4H3,(H,32,37). The van der Waals surface area contributed by atoms with E-state index in [1.165, 1.54) is 4.68 Å². The molecule has 198 valence electrons. The Balaban J connectivity index is 1.61. The van der Waals surface area contributed by atoms with Gasteiger partial charge in [-0.05, 0) is 68.0 Å². The van der Waals surface area contributed by atoms with Crippen molar-refractivity contribution in [2.24, 2.45) is 0 Å². The number of alkyl halides is 3. The largest absolute Gasteiger partial charge is 0.495 e. The van der Waals surface area contributed by atoms with Crippen LogP contribution in [0.5, 0.6) is 5.75 Å². The molecule has 0 saturated heterocycles. The van der Waals surface area contributed by atoms with Crippen molar-refractivity contribution in [2.45, 2.75) is 26.6 Å². The van der Waals surface area contributed by atoms with Gasteiger partial charge >= 0.3 is 6.18 Å². The number of halogens is 3. The first-order chi connectivity index (χ1) is 18.1. The van der Waals surface area contributed by atoms with Crippen LogP contribution in [0.15, 0.2) is 61.1 Å². The summed E-state index contributed by atoms with van der Waals surface area (Å²) in [7, 11) is 3.36.